The van der Waals surface area contributed by atoms with Gasteiger partial charge in [0.05, 0.1) is 0 Å². The minimum absolute atomic E-state index is 0.0510. The number of carbonyl (C=O) groups excluding carboxylic acids is 1. The molecule has 17 heavy (non-hydrogen) atoms. The zero-order valence-corrected chi connectivity index (χ0v) is 10.7. The van der Waals surface area contributed by atoms with Crippen LogP contribution in [0.5, 0.6) is 0 Å². The molecule has 0 atom stereocenters. The fraction of sp³-hybridized carbons (Fsp3) is 0.583. The molecule has 1 rings (SSSR count). The number of rotatable bonds is 6. The molecule has 0 spiro atoms. The lowest BCUT2D eigenvalue weighted by Gasteiger charge is -2.19. The number of nitrogens with zero attached hydrogens (tertiary/aromatic N) is 3. The van der Waals surface area contributed by atoms with Crippen LogP contribution in [0.2, 0.25) is 0 Å². The van der Waals surface area contributed by atoms with Crippen molar-refractivity contribution in [3.05, 3.63) is 17.8 Å². The second kappa shape index (κ2) is 6.83. The predicted molar refractivity (Wildman–Crippen MR) is 68.1 cm³/mol. The predicted octanol–water partition coefficient (Wildman–Crippen LogP) is 1.78. The SMILES string of the molecule is CCCN(CC)C(=O)c1ccc(NCC)nn1. The summed E-state index contributed by atoms with van der Waals surface area (Å²) in [5, 5.41) is 10.9. The van der Waals surface area contributed by atoms with Crippen molar-refractivity contribution in [1.29, 1.82) is 0 Å². The van der Waals surface area contributed by atoms with Gasteiger partial charge in [-0.15, -0.1) is 10.2 Å². The summed E-state index contributed by atoms with van der Waals surface area (Å²) in [6.45, 7) is 8.25. The quantitative estimate of drug-likeness (QED) is 0.818. The highest BCUT2D eigenvalue weighted by Crippen LogP contribution is 2.05. The highest BCUT2D eigenvalue weighted by molar-refractivity contribution is 5.92. The van der Waals surface area contributed by atoms with E-state index in [1.54, 1.807) is 17.0 Å². The monoisotopic (exact) mass is 236 g/mol. The Morgan fingerprint density at radius 2 is 2.06 bits per heavy atom. The molecule has 0 saturated heterocycles. The molecule has 1 amide bonds. The number of nitrogens with one attached hydrogen (secondary N) is 1. The molecule has 1 aromatic heterocycles. The van der Waals surface area contributed by atoms with Gasteiger partial charge in [0.2, 0.25) is 0 Å². The first-order valence-electron chi connectivity index (χ1n) is 6.09. The van der Waals surface area contributed by atoms with Gasteiger partial charge in [-0.05, 0) is 32.4 Å². The molecule has 5 heteroatoms. The molecule has 0 fully saturated rings. The Labute approximate surface area is 102 Å². The van der Waals surface area contributed by atoms with E-state index in [9.17, 15) is 4.79 Å². The number of hydrogen-bond donors (Lipinski definition) is 1. The molecule has 0 aliphatic rings. The summed E-state index contributed by atoms with van der Waals surface area (Å²) in [7, 11) is 0. The van der Waals surface area contributed by atoms with E-state index in [2.05, 4.69) is 22.4 Å². The number of aromatic nitrogens is 2. The van der Waals surface area contributed by atoms with E-state index >= 15 is 0 Å². The van der Waals surface area contributed by atoms with Crippen molar-refractivity contribution >= 4 is 11.7 Å². The third kappa shape index (κ3) is 3.69. The zero-order valence-electron chi connectivity index (χ0n) is 10.7. The second-order valence-corrected chi connectivity index (χ2v) is 3.72. The fourth-order valence-corrected chi connectivity index (χ4v) is 1.56. The average molecular weight is 236 g/mol. The average Bonchev–Trinajstić information content (AvgIpc) is 2.36. The van der Waals surface area contributed by atoms with Crippen molar-refractivity contribution < 1.29 is 4.79 Å². The molecule has 1 aromatic rings. The van der Waals surface area contributed by atoms with Crippen molar-refractivity contribution in [3.63, 3.8) is 0 Å². The van der Waals surface area contributed by atoms with E-state index in [0.717, 1.165) is 19.5 Å². The number of carbonyl (C=O) groups is 1. The minimum Gasteiger partial charge on any atom is -0.369 e. The maximum absolute atomic E-state index is 12.0. The third-order valence-electron chi connectivity index (χ3n) is 2.40. The van der Waals surface area contributed by atoms with Crippen LogP contribution < -0.4 is 5.32 Å². The first-order valence-corrected chi connectivity index (χ1v) is 6.09. The van der Waals surface area contributed by atoms with Crippen molar-refractivity contribution in [3.8, 4) is 0 Å². The molecule has 5 nitrogen and oxygen atoms in total. The van der Waals surface area contributed by atoms with E-state index in [1.807, 2.05) is 13.8 Å². The lowest BCUT2D eigenvalue weighted by Crippen LogP contribution is -2.32. The van der Waals surface area contributed by atoms with Crippen LogP contribution in [0.3, 0.4) is 0 Å². The highest BCUT2D eigenvalue weighted by Gasteiger charge is 2.14. The molecule has 0 unspecified atom stereocenters. The Morgan fingerprint density at radius 3 is 2.53 bits per heavy atom. The van der Waals surface area contributed by atoms with Crippen LogP contribution >= 0.6 is 0 Å². The lowest BCUT2D eigenvalue weighted by molar-refractivity contribution is 0.0757. The Bertz CT molecular complexity index is 350. The third-order valence-corrected chi connectivity index (χ3v) is 2.40. The van der Waals surface area contributed by atoms with E-state index in [0.29, 0.717) is 18.1 Å². The summed E-state index contributed by atoms with van der Waals surface area (Å²) in [6.07, 6.45) is 0.947. The van der Waals surface area contributed by atoms with E-state index in [1.165, 1.54) is 0 Å². The number of amides is 1. The minimum atomic E-state index is -0.0510. The van der Waals surface area contributed by atoms with E-state index in [4.69, 9.17) is 0 Å². The number of anilines is 1. The van der Waals surface area contributed by atoms with Gasteiger partial charge in [0, 0.05) is 19.6 Å². The fourth-order valence-electron chi connectivity index (χ4n) is 1.56. The summed E-state index contributed by atoms with van der Waals surface area (Å²) in [4.78, 5) is 13.8. The van der Waals surface area contributed by atoms with Crippen LogP contribution in [-0.2, 0) is 0 Å². The largest absolute Gasteiger partial charge is 0.369 e. The van der Waals surface area contributed by atoms with Crippen LogP contribution in [0.25, 0.3) is 0 Å². The van der Waals surface area contributed by atoms with Gasteiger partial charge >= 0.3 is 0 Å². The molecule has 94 valence electrons. The first-order chi connectivity index (χ1) is 8.22. The van der Waals surface area contributed by atoms with E-state index in [-0.39, 0.29) is 5.91 Å². The Kier molecular flexibility index (Phi) is 5.39. The standard InChI is InChI=1S/C12H20N4O/c1-4-9-16(6-3)12(17)10-7-8-11(13-5-2)15-14-10/h7-8H,4-6,9H2,1-3H3,(H,13,15). The smallest absolute Gasteiger partial charge is 0.274 e. The summed E-state index contributed by atoms with van der Waals surface area (Å²) < 4.78 is 0. The van der Waals surface area contributed by atoms with Crippen molar-refractivity contribution in [2.24, 2.45) is 0 Å². The molecule has 1 heterocycles. The molecule has 0 aliphatic carbocycles. The molecule has 0 saturated carbocycles. The Morgan fingerprint density at radius 1 is 1.29 bits per heavy atom. The second-order valence-electron chi connectivity index (χ2n) is 3.72. The van der Waals surface area contributed by atoms with Gasteiger partial charge in [0.15, 0.2) is 5.69 Å². The Balaban J connectivity index is 2.74. The lowest BCUT2D eigenvalue weighted by atomic mass is 10.3. The van der Waals surface area contributed by atoms with Crippen LogP contribution in [0.4, 0.5) is 5.82 Å². The Hall–Kier alpha value is -1.65. The molecule has 0 aromatic carbocycles. The topological polar surface area (TPSA) is 58.1 Å². The zero-order chi connectivity index (χ0) is 12.7. The first kappa shape index (κ1) is 13.4. The van der Waals surface area contributed by atoms with Crippen LogP contribution in [-0.4, -0.2) is 40.6 Å². The highest BCUT2D eigenvalue weighted by atomic mass is 16.2. The van der Waals surface area contributed by atoms with Crippen molar-refractivity contribution in [1.82, 2.24) is 15.1 Å². The molecule has 1 N–H and O–H groups in total. The number of hydrogen-bond acceptors (Lipinski definition) is 4. The van der Waals surface area contributed by atoms with E-state index < -0.39 is 0 Å². The molecule has 0 radical (unpaired) electrons. The van der Waals surface area contributed by atoms with Gasteiger partial charge in [-0.2, -0.15) is 0 Å². The maximum atomic E-state index is 12.0. The van der Waals surface area contributed by atoms with Gasteiger partial charge in [0.25, 0.3) is 5.91 Å². The van der Waals surface area contributed by atoms with Gasteiger partial charge in [0.1, 0.15) is 5.82 Å². The summed E-state index contributed by atoms with van der Waals surface area (Å²) in [6, 6.07) is 3.50. The summed E-state index contributed by atoms with van der Waals surface area (Å²) in [5.41, 5.74) is 0.405. The molecule has 0 bridgehead atoms. The van der Waals surface area contributed by atoms with Crippen LogP contribution in [0, 0.1) is 0 Å². The molecular formula is C12H20N4O. The van der Waals surface area contributed by atoms with Crippen molar-refractivity contribution in [2.45, 2.75) is 27.2 Å². The van der Waals surface area contributed by atoms with Gasteiger partial charge < -0.3 is 10.2 Å². The van der Waals surface area contributed by atoms with Crippen molar-refractivity contribution in [2.75, 3.05) is 25.0 Å². The van der Waals surface area contributed by atoms with Gasteiger partial charge in [-0.1, -0.05) is 6.92 Å². The van der Waals surface area contributed by atoms with Crippen LogP contribution in [0.1, 0.15) is 37.7 Å². The van der Waals surface area contributed by atoms with Crippen LogP contribution in [0.15, 0.2) is 12.1 Å². The summed E-state index contributed by atoms with van der Waals surface area (Å²) >= 11 is 0. The molecule has 0 aliphatic heterocycles. The van der Waals surface area contributed by atoms with Gasteiger partial charge in [-0.3, -0.25) is 4.79 Å². The normalized spacial score (nSPS) is 10.1. The van der Waals surface area contributed by atoms with Gasteiger partial charge in [-0.25, -0.2) is 0 Å². The maximum Gasteiger partial charge on any atom is 0.274 e. The summed E-state index contributed by atoms with van der Waals surface area (Å²) in [5.74, 6) is 0.646. The molecular weight excluding hydrogens is 216 g/mol.